The zero-order chi connectivity index (χ0) is 16.7. The van der Waals surface area contributed by atoms with Gasteiger partial charge in [0.1, 0.15) is 5.82 Å². The topological polar surface area (TPSA) is 45.2 Å². The van der Waals surface area contributed by atoms with Crippen LogP contribution in [-0.2, 0) is 6.54 Å². The molecule has 4 nitrogen and oxygen atoms in total. The van der Waals surface area contributed by atoms with Gasteiger partial charge in [0.15, 0.2) is 0 Å². The lowest BCUT2D eigenvalue weighted by atomic mass is 10.4. The Kier molecular flexibility index (Phi) is 6.85. The minimum Gasteiger partial charge on any atom is -0.338 e. The molecule has 0 saturated heterocycles. The van der Waals surface area contributed by atoms with Gasteiger partial charge in [-0.25, -0.2) is 14.2 Å². The van der Waals surface area contributed by atoms with Crippen LogP contribution < -0.4 is 5.32 Å². The van der Waals surface area contributed by atoms with Crippen molar-refractivity contribution in [3.63, 3.8) is 0 Å². The molecule has 0 aliphatic heterocycles. The Hall–Kier alpha value is -1.60. The first-order valence-corrected chi connectivity index (χ1v) is 9.19. The van der Waals surface area contributed by atoms with Crippen LogP contribution >= 0.6 is 23.1 Å². The molecular formula is C16H20FN3OS2. The molecule has 0 unspecified atom stereocenters. The van der Waals surface area contributed by atoms with E-state index in [4.69, 9.17) is 0 Å². The van der Waals surface area contributed by atoms with Crippen LogP contribution in [0.4, 0.5) is 9.18 Å². The summed E-state index contributed by atoms with van der Waals surface area (Å²) in [6.07, 6.45) is 0.859. The van der Waals surface area contributed by atoms with E-state index in [1.54, 1.807) is 47.2 Å². The number of carbonyl (C=O) groups excluding carboxylic acids is 1. The van der Waals surface area contributed by atoms with Gasteiger partial charge in [-0.05, 0) is 43.4 Å². The molecule has 0 aliphatic rings. The number of rotatable bonds is 7. The number of halogens is 1. The van der Waals surface area contributed by atoms with Gasteiger partial charge in [-0.2, -0.15) is 0 Å². The summed E-state index contributed by atoms with van der Waals surface area (Å²) in [4.78, 5) is 19.0. The molecular weight excluding hydrogens is 333 g/mol. The number of aryl methyl sites for hydroxylation is 1. The second kappa shape index (κ2) is 8.88. The number of nitrogens with one attached hydrogen (secondary N) is 1. The Bertz CT molecular complexity index is 631. The van der Waals surface area contributed by atoms with E-state index in [0.717, 1.165) is 27.8 Å². The Labute approximate surface area is 144 Å². The maximum atomic E-state index is 12.8. The summed E-state index contributed by atoms with van der Waals surface area (Å²) in [5, 5.41) is 5.87. The summed E-state index contributed by atoms with van der Waals surface area (Å²) in [5.41, 5.74) is 0.914. The van der Waals surface area contributed by atoms with E-state index in [-0.39, 0.29) is 11.8 Å². The van der Waals surface area contributed by atoms with Gasteiger partial charge in [0, 0.05) is 23.9 Å². The molecule has 124 valence electrons. The lowest BCUT2D eigenvalue weighted by molar-refractivity contribution is 0.206. The fraction of sp³-hybridized carbons (Fsp3) is 0.375. The van der Waals surface area contributed by atoms with Crippen molar-refractivity contribution >= 4 is 29.1 Å². The van der Waals surface area contributed by atoms with E-state index in [2.05, 4.69) is 10.3 Å². The highest BCUT2D eigenvalue weighted by atomic mass is 32.2. The minimum absolute atomic E-state index is 0.0950. The van der Waals surface area contributed by atoms with Crippen molar-refractivity contribution in [2.45, 2.75) is 24.8 Å². The first-order chi connectivity index (χ1) is 11.0. The summed E-state index contributed by atoms with van der Waals surface area (Å²) in [6, 6.07) is 6.35. The maximum Gasteiger partial charge on any atom is 0.317 e. The normalized spacial score (nSPS) is 10.6. The highest BCUT2D eigenvalue weighted by molar-refractivity contribution is 7.99. The van der Waals surface area contributed by atoms with Crippen molar-refractivity contribution in [3.8, 4) is 0 Å². The quantitative estimate of drug-likeness (QED) is 0.606. The van der Waals surface area contributed by atoms with Crippen molar-refractivity contribution < 1.29 is 9.18 Å². The van der Waals surface area contributed by atoms with Crippen LogP contribution in [0.3, 0.4) is 0 Å². The third-order valence-electron chi connectivity index (χ3n) is 3.09. The van der Waals surface area contributed by atoms with Crippen LogP contribution in [0.1, 0.15) is 17.1 Å². The molecule has 7 heteroatoms. The molecule has 1 N–H and O–H groups in total. The lowest BCUT2D eigenvalue weighted by Crippen LogP contribution is -2.37. The van der Waals surface area contributed by atoms with Gasteiger partial charge >= 0.3 is 6.03 Å². The Balaban J connectivity index is 1.61. The summed E-state index contributed by atoms with van der Waals surface area (Å²) in [6.45, 7) is 3.08. The van der Waals surface area contributed by atoms with Gasteiger partial charge in [-0.1, -0.05) is 0 Å². The molecule has 0 spiro atoms. The molecule has 0 bridgehead atoms. The number of carbonyl (C=O) groups is 1. The first-order valence-electron chi connectivity index (χ1n) is 7.33. The molecule has 23 heavy (non-hydrogen) atoms. The molecule has 2 amide bonds. The van der Waals surface area contributed by atoms with E-state index in [1.807, 2.05) is 12.3 Å². The Morgan fingerprint density at radius 2 is 2.13 bits per heavy atom. The summed E-state index contributed by atoms with van der Waals surface area (Å²) < 4.78 is 12.8. The number of amides is 2. The van der Waals surface area contributed by atoms with Gasteiger partial charge in [0.25, 0.3) is 0 Å². The van der Waals surface area contributed by atoms with Crippen molar-refractivity contribution in [1.29, 1.82) is 0 Å². The number of aromatic nitrogens is 1. The van der Waals surface area contributed by atoms with Gasteiger partial charge in [0.05, 0.1) is 17.2 Å². The second-order valence-corrected chi connectivity index (χ2v) is 7.33. The number of nitrogens with zero attached hydrogens (tertiary/aromatic N) is 2. The smallest absolute Gasteiger partial charge is 0.317 e. The van der Waals surface area contributed by atoms with Crippen molar-refractivity contribution in [2.24, 2.45) is 0 Å². The second-order valence-electron chi connectivity index (χ2n) is 5.10. The van der Waals surface area contributed by atoms with E-state index in [1.165, 1.54) is 12.1 Å². The average molecular weight is 353 g/mol. The predicted molar refractivity (Wildman–Crippen MR) is 93.5 cm³/mol. The molecule has 0 atom stereocenters. The molecule has 2 aromatic rings. The van der Waals surface area contributed by atoms with Crippen molar-refractivity contribution in [1.82, 2.24) is 15.2 Å². The molecule has 0 aliphatic carbocycles. The van der Waals surface area contributed by atoms with Crippen LogP contribution in [0.2, 0.25) is 0 Å². The Morgan fingerprint density at radius 1 is 1.39 bits per heavy atom. The highest BCUT2D eigenvalue weighted by Gasteiger charge is 2.09. The van der Waals surface area contributed by atoms with E-state index in [0.29, 0.717) is 13.1 Å². The number of benzene rings is 1. The SMILES string of the molecule is Cc1nc(CN(C)C(=O)NCCCSc2ccc(F)cc2)cs1. The first kappa shape index (κ1) is 17.7. The van der Waals surface area contributed by atoms with Crippen LogP contribution in [0, 0.1) is 12.7 Å². The molecule has 1 aromatic heterocycles. The third kappa shape index (κ3) is 6.19. The molecule has 0 fully saturated rings. The zero-order valence-electron chi connectivity index (χ0n) is 13.2. The van der Waals surface area contributed by atoms with Crippen LogP contribution in [-0.4, -0.2) is 35.3 Å². The van der Waals surface area contributed by atoms with E-state index < -0.39 is 0 Å². The molecule has 2 rings (SSSR count). The minimum atomic E-state index is -0.222. The zero-order valence-corrected chi connectivity index (χ0v) is 14.8. The fourth-order valence-electron chi connectivity index (χ4n) is 1.92. The number of thioether (sulfide) groups is 1. The molecule has 1 aromatic carbocycles. The maximum absolute atomic E-state index is 12.8. The van der Waals surface area contributed by atoms with Gasteiger partial charge in [-0.3, -0.25) is 0 Å². The third-order valence-corrected chi connectivity index (χ3v) is 5.01. The van der Waals surface area contributed by atoms with Crippen LogP contribution in [0.15, 0.2) is 34.5 Å². The number of thiazole rings is 1. The summed E-state index contributed by atoms with van der Waals surface area (Å²) >= 11 is 3.24. The van der Waals surface area contributed by atoms with Crippen LogP contribution in [0.5, 0.6) is 0 Å². The fourth-order valence-corrected chi connectivity index (χ4v) is 3.38. The highest BCUT2D eigenvalue weighted by Crippen LogP contribution is 2.18. The Morgan fingerprint density at radius 3 is 2.78 bits per heavy atom. The lowest BCUT2D eigenvalue weighted by Gasteiger charge is -2.16. The molecule has 1 heterocycles. The van der Waals surface area contributed by atoms with Gasteiger partial charge in [0.2, 0.25) is 0 Å². The monoisotopic (exact) mass is 353 g/mol. The average Bonchev–Trinajstić information content (AvgIpc) is 2.93. The molecule has 0 saturated carbocycles. The summed E-state index contributed by atoms with van der Waals surface area (Å²) in [5.74, 6) is 0.654. The number of hydrogen-bond donors (Lipinski definition) is 1. The van der Waals surface area contributed by atoms with Gasteiger partial charge in [-0.15, -0.1) is 23.1 Å². The number of urea groups is 1. The van der Waals surface area contributed by atoms with Crippen molar-refractivity contribution in [2.75, 3.05) is 19.3 Å². The summed E-state index contributed by atoms with van der Waals surface area (Å²) in [7, 11) is 1.76. The van der Waals surface area contributed by atoms with E-state index >= 15 is 0 Å². The largest absolute Gasteiger partial charge is 0.338 e. The van der Waals surface area contributed by atoms with Crippen molar-refractivity contribution in [3.05, 3.63) is 46.2 Å². The predicted octanol–water partition coefficient (Wildman–Crippen LogP) is 3.91. The van der Waals surface area contributed by atoms with Crippen LogP contribution in [0.25, 0.3) is 0 Å². The van der Waals surface area contributed by atoms with Gasteiger partial charge < -0.3 is 10.2 Å². The number of hydrogen-bond acceptors (Lipinski definition) is 4. The standard InChI is InChI=1S/C16H20FN3OS2/c1-12-19-14(11-23-12)10-20(2)16(21)18-8-3-9-22-15-6-4-13(17)5-7-15/h4-7,11H,3,8-10H2,1-2H3,(H,18,21). The van der Waals surface area contributed by atoms with E-state index in [9.17, 15) is 9.18 Å². The molecule has 0 radical (unpaired) electrons.